The van der Waals surface area contributed by atoms with Crippen LogP contribution in [0.15, 0.2) is 51.6 Å². The van der Waals surface area contributed by atoms with Crippen LogP contribution in [0, 0.1) is 0 Å². The molecule has 3 heterocycles. The number of carbonyl (C=O) groups excluding carboxylic acids is 2. The molecule has 3 aliphatic rings. The molecule has 1 aromatic rings. The van der Waals surface area contributed by atoms with E-state index in [-0.39, 0.29) is 18.4 Å². The van der Waals surface area contributed by atoms with Gasteiger partial charge in [-0.25, -0.2) is 9.79 Å². The summed E-state index contributed by atoms with van der Waals surface area (Å²) in [5.41, 5.74) is 2.81. The average molecular weight is 456 g/mol. The molecular formula is C24H29N3O4S. The predicted octanol–water partition coefficient (Wildman–Crippen LogP) is 4.23. The first-order valence-electron chi connectivity index (χ1n) is 10.9. The summed E-state index contributed by atoms with van der Waals surface area (Å²) in [5, 5.41) is 2.74. The number of fused-ring (bicyclic) bond motifs is 1. The van der Waals surface area contributed by atoms with E-state index in [0.717, 1.165) is 42.2 Å². The number of methoxy groups -OCH3 is 2. The zero-order valence-corrected chi connectivity index (χ0v) is 19.8. The van der Waals surface area contributed by atoms with Gasteiger partial charge in [-0.2, -0.15) is 0 Å². The van der Waals surface area contributed by atoms with Gasteiger partial charge in [-0.05, 0) is 56.2 Å². The first-order valence-corrected chi connectivity index (χ1v) is 11.8. The minimum atomic E-state index is -0.446. The van der Waals surface area contributed by atoms with E-state index in [1.165, 1.54) is 18.9 Å². The molecule has 0 spiro atoms. The van der Waals surface area contributed by atoms with Crippen molar-refractivity contribution in [3.05, 3.63) is 52.2 Å². The molecular weight excluding hydrogens is 426 g/mol. The van der Waals surface area contributed by atoms with Crippen LogP contribution in [0.5, 0.6) is 5.75 Å². The van der Waals surface area contributed by atoms with Crippen molar-refractivity contribution in [1.82, 2.24) is 9.80 Å². The number of esters is 1. The van der Waals surface area contributed by atoms with Crippen LogP contribution in [-0.4, -0.2) is 53.7 Å². The van der Waals surface area contributed by atoms with Gasteiger partial charge in [0, 0.05) is 18.3 Å². The second-order valence-electron chi connectivity index (χ2n) is 8.27. The lowest BCUT2D eigenvalue weighted by atomic mass is 9.93. The smallest absolute Gasteiger partial charge is 0.338 e. The van der Waals surface area contributed by atoms with Gasteiger partial charge in [-0.1, -0.05) is 23.9 Å². The summed E-state index contributed by atoms with van der Waals surface area (Å²) in [4.78, 5) is 34.7. The first kappa shape index (κ1) is 22.5. The normalized spacial score (nSPS) is 22.9. The molecule has 32 heavy (non-hydrogen) atoms. The number of piperidine rings is 1. The van der Waals surface area contributed by atoms with Crippen molar-refractivity contribution in [1.29, 1.82) is 0 Å². The van der Waals surface area contributed by atoms with Gasteiger partial charge in [0.05, 0.1) is 38.0 Å². The number of benzene rings is 1. The summed E-state index contributed by atoms with van der Waals surface area (Å²) in [6, 6.07) is 7.45. The molecule has 3 aliphatic heterocycles. The number of thioether (sulfide) groups is 1. The molecule has 0 aliphatic carbocycles. The van der Waals surface area contributed by atoms with Gasteiger partial charge in [0.25, 0.3) is 0 Å². The predicted molar refractivity (Wildman–Crippen MR) is 125 cm³/mol. The number of aliphatic imine (C=N–C) groups is 1. The third kappa shape index (κ3) is 4.16. The lowest BCUT2D eigenvalue weighted by Gasteiger charge is -2.38. The van der Waals surface area contributed by atoms with Crippen LogP contribution >= 0.6 is 11.8 Å². The van der Waals surface area contributed by atoms with Gasteiger partial charge in [0.2, 0.25) is 5.91 Å². The fourth-order valence-electron chi connectivity index (χ4n) is 4.59. The number of nitrogens with zero attached hydrogens (tertiary/aromatic N) is 3. The zero-order valence-electron chi connectivity index (χ0n) is 19.0. The van der Waals surface area contributed by atoms with E-state index in [1.807, 2.05) is 46.4 Å². The third-order valence-electron chi connectivity index (χ3n) is 6.27. The third-order valence-corrected chi connectivity index (χ3v) is 7.16. The van der Waals surface area contributed by atoms with E-state index in [4.69, 9.17) is 9.47 Å². The summed E-state index contributed by atoms with van der Waals surface area (Å²) >= 11 is 1.48. The quantitative estimate of drug-likeness (QED) is 0.619. The number of amidine groups is 1. The Kier molecular flexibility index (Phi) is 6.60. The van der Waals surface area contributed by atoms with Gasteiger partial charge in [-0.15, -0.1) is 0 Å². The highest BCUT2D eigenvalue weighted by molar-refractivity contribution is 8.16. The minimum absolute atomic E-state index is 0.112. The summed E-state index contributed by atoms with van der Waals surface area (Å²) in [7, 11) is 2.99. The zero-order chi connectivity index (χ0) is 22.8. The fourth-order valence-corrected chi connectivity index (χ4v) is 5.56. The molecule has 0 saturated carbocycles. The maximum atomic E-state index is 13.2. The van der Waals surface area contributed by atoms with Crippen LogP contribution in [0.2, 0.25) is 0 Å². The highest BCUT2D eigenvalue weighted by atomic mass is 32.2. The standard InChI is InChI=1S/C24H29N3O4S/c1-15-8-5-6-11-26(15)20(28)13-18-14-32-24-25-16(2)21(23(29)31-4)22(27(18)24)17-9-7-10-19(12-17)30-3/h7,9-10,12,14-15,22H,5-6,8,11,13H2,1-4H3/t15-,22+/m0/s1. The number of allylic oxidation sites excluding steroid dienone is 1. The van der Waals surface area contributed by atoms with E-state index in [0.29, 0.717) is 17.0 Å². The largest absolute Gasteiger partial charge is 0.497 e. The van der Waals surface area contributed by atoms with E-state index in [9.17, 15) is 9.59 Å². The molecule has 0 N–H and O–H groups in total. The van der Waals surface area contributed by atoms with Crippen LogP contribution in [0.25, 0.3) is 0 Å². The van der Waals surface area contributed by atoms with Gasteiger partial charge in [-0.3, -0.25) is 4.79 Å². The number of likely N-dealkylation sites (tertiary alicyclic amines) is 1. The molecule has 7 nitrogen and oxygen atoms in total. The Labute approximate surface area is 193 Å². The van der Waals surface area contributed by atoms with Gasteiger partial charge < -0.3 is 19.3 Å². The molecule has 1 saturated heterocycles. The van der Waals surface area contributed by atoms with E-state index < -0.39 is 12.0 Å². The molecule has 1 aromatic carbocycles. The molecule has 0 unspecified atom stereocenters. The molecule has 4 rings (SSSR count). The summed E-state index contributed by atoms with van der Waals surface area (Å²) in [5.74, 6) is 0.384. The molecule has 1 fully saturated rings. The van der Waals surface area contributed by atoms with E-state index in [1.54, 1.807) is 7.11 Å². The minimum Gasteiger partial charge on any atom is -0.497 e. The molecule has 8 heteroatoms. The van der Waals surface area contributed by atoms with Crippen LogP contribution in [-0.2, 0) is 14.3 Å². The number of rotatable bonds is 5. The number of carbonyl (C=O) groups is 2. The number of amides is 1. The maximum absolute atomic E-state index is 13.2. The monoisotopic (exact) mass is 455 g/mol. The van der Waals surface area contributed by atoms with E-state index >= 15 is 0 Å². The van der Waals surface area contributed by atoms with E-state index in [2.05, 4.69) is 11.9 Å². The Bertz CT molecular complexity index is 1020. The molecule has 0 radical (unpaired) electrons. The van der Waals surface area contributed by atoms with Crippen LogP contribution in [0.4, 0.5) is 0 Å². The Morgan fingerprint density at radius 1 is 1.25 bits per heavy atom. The van der Waals surface area contributed by atoms with Crippen molar-refractivity contribution in [2.24, 2.45) is 4.99 Å². The van der Waals surface area contributed by atoms with Crippen molar-refractivity contribution >= 4 is 28.8 Å². The number of hydrogen-bond donors (Lipinski definition) is 0. The first-order chi connectivity index (χ1) is 15.4. The average Bonchev–Trinajstić information content (AvgIpc) is 3.19. The topological polar surface area (TPSA) is 71.4 Å². The Balaban J connectivity index is 1.70. The molecule has 0 aromatic heterocycles. The Morgan fingerprint density at radius 2 is 2.06 bits per heavy atom. The molecule has 170 valence electrons. The van der Waals surface area contributed by atoms with Crippen LogP contribution in [0.3, 0.4) is 0 Å². The van der Waals surface area contributed by atoms with Crippen molar-refractivity contribution in [2.75, 3.05) is 20.8 Å². The van der Waals surface area contributed by atoms with Crippen molar-refractivity contribution in [2.45, 2.75) is 51.6 Å². The molecule has 2 atom stereocenters. The maximum Gasteiger partial charge on any atom is 0.338 e. The van der Waals surface area contributed by atoms with Crippen LogP contribution < -0.4 is 4.74 Å². The van der Waals surface area contributed by atoms with Crippen molar-refractivity contribution in [3.63, 3.8) is 0 Å². The molecule has 0 bridgehead atoms. The molecule has 1 amide bonds. The highest BCUT2D eigenvalue weighted by Gasteiger charge is 2.41. The van der Waals surface area contributed by atoms with Crippen molar-refractivity contribution < 1.29 is 19.1 Å². The van der Waals surface area contributed by atoms with Crippen molar-refractivity contribution in [3.8, 4) is 5.75 Å². The second kappa shape index (κ2) is 9.40. The Hall–Kier alpha value is -2.74. The Morgan fingerprint density at radius 3 is 2.78 bits per heavy atom. The lowest BCUT2D eigenvalue weighted by molar-refractivity contribution is -0.136. The summed E-state index contributed by atoms with van der Waals surface area (Å²) < 4.78 is 10.5. The van der Waals surface area contributed by atoms with Crippen LogP contribution in [0.1, 0.15) is 51.1 Å². The SMILES string of the molecule is COC(=O)C1=C(C)N=C2SC=C(CC(=O)N3CCCC[C@@H]3C)N2[C@@H]1c1cccc(OC)c1. The van der Waals surface area contributed by atoms with Gasteiger partial charge in [0.1, 0.15) is 5.75 Å². The lowest BCUT2D eigenvalue weighted by Crippen LogP contribution is -2.43. The number of hydrogen-bond acceptors (Lipinski definition) is 7. The summed E-state index contributed by atoms with van der Waals surface area (Å²) in [6.07, 6.45) is 3.51. The highest BCUT2D eigenvalue weighted by Crippen LogP contribution is 2.45. The fraction of sp³-hybridized carbons (Fsp3) is 0.458. The number of ether oxygens (including phenoxy) is 2. The summed E-state index contributed by atoms with van der Waals surface area (Å²) in [6.45, 7) is 4.74. The second-order valence-corrected chi connectivity index (χ2v) is 9.11. The van der Waals surface area contributed by atoms with Gasteiger partial charge >= 0.3 is 5.97 Å². The van der Waals surface area contributed by atoms with Gasteiger partial charge in [0.15, 0.2) is 5.17 Å².